The zero-order chi connectivity index (χ0) is 13.1. The number of aryl methyl sites for hydroxylation is 1. The van der Waals surface area contributed by atoms with Crippen LogP contribution >= 0.6 is 15.9 Å². The highest BCUT2D eigenvalue weighted by atomic mass is 79.9. The van der Waals surface area contributed by atoms with E-state index in [1.54, 1.807) is 18.3 Å². The van der Waals surface area contributed by atoms with Crippen molar-refractivity contribution in [1.29, 1.82) is 0 Å². The topological polar surface area (TPSA) is 42.0 Å². The van der Waals surface area contributed by atoms with E-state index in [0.29, 0.717) is 11.3 Å². The third kappa shape index (κ3) is 2.92. The second kappa shape index (κ2) is 5.27. The van der Waals surface area contributed by atoms with Crippen molar-refractivity contribution in [1.82, 2.24) is 4.98 Å². The Labute approximate surface area is 112 Å². The number of amides is 1. The van der Waals surface area contributed by atoms with Crippen LogP contribution < -0.4 is 5.32 Å². The van der Waals surface area contributed by atoms with Crippen molar-refractivity contribution in [2.24, 2.45) is 0 Å². The van der Waals surface area contributed by atoms with Crippen molar-refractivity contribution in [2.75, 3.05) is 5.32 Å². The molecule has 1 aromatic heterocycles. The molecule has 1 amide bonds. The van der Waals surface area contributed by atoms with Gasteiger partial charge in [0.25, 0.3) is 5.91 Å². The monoisotopic (exact) mass is 308 g/mol. The van der Waals surface area contributed by atoms with Crippen LogP contribution in [-0.4, -0.2) is 10.9 Å². The highest BCUT2D eigenvalue weighted by molar-refractivity contribution is 9.10. The molecule has 1 N–H and O–H groups in total. The van der Waals surface area contributed by atoms with Crippen molar-refractivity contribution in [3.8, 4) is 0 Å². The first-order valence-electron chi connectivity index (χ1n) is 5.25. The van der Waals surface area contributed by atoms with Gasteiger partial charge in [0.15, 0.2) is 0 Å². The zero-order valence-electron chi connectivity index (χ0n) is 9.58. The number of hydrogen-bond donors (Lipinski definition) is 1. The van der Waals surface area contributed by atoms with E-state index in [4.69, 9.17) is 0 Å². The van der Waals surface area contributed by atoms with E-state index >= 15 is 0 Å². The molecule has 2 aromatic rings. The largest absolute Gasteiger partial charge is 0.322 e. The molecule has 0 bridgehead atoms. The van der Waals surface area contributed by atoms with Crippen molar-refractivity contribution in [2.45, 2.75) is 6.92 Å². The van der Waals surface area contributed by atoms with E-state index in [9.17, 15) is 9.18 Å². The van der Waals surface area contributed by atoms with Crippen LogP contribution in [0.25, 0.3) is 0 Å². The van der Waals surface area contributed by atoms with Crippen molar-refractivity contribution in [3.63, 3.8) is 0 Å². The number of carbonyl (C=O) groups is 1. The summed E-state index contributed by atoms with van der Waals surface area (Å²) in [5, 5.41) is 2.72. The number of carbonyl (C=O) groups excluding carboxylic acids is 1. The molecule has 0 radical (unpaired) electrons. The Morgan fingerprint density at radius 3 is 2.78 bits per heavy atom. The highest BCUT2D eigenvalue weighted by Gasteiger charge is 2.08. The van der Waals surface area contributed by atoms with Gasteiger partial charge in [0.1, 0.15) is 5.82 Å². The summed E-state index contributed by atoms with van der Waals surface area (Å²) in [6.07, 6.45) is 1.62. The Bertz CT molecular complexity index is 601. The van der Waals surface area contributed by atoms with Crippen LogP contribution in [-0.2, 0) is 0 Å². The molecule has 0 fully saturated rings. The normalized spacial score (nSPS) is 10.2. The number of halogens is 2. The van der Waals surface area contributed by atoms with Gasteiger partial charge in [-0.05, 0) is 53.2 Å². The molecule has 5 heteroatoms. The van der Waals surface area contributed by atoms with Crippen LogP contribution in [0.4, 0.5) is 10.1 Å². The fraction of sp³-hybridized carbons (Fsp3) is 0.0769. The summed E-state index contributed by atoms with van der Waals surface area (Å²) >= 11 is 3.05. The van der Waals surface area contributed by atoms with Gasteiger partial charge in [0.05, 0.1) is 4.47 Å². The van der Waals surface area contributed by atoms with Crippen LogP contribution in [0.2, 0.25) is 0 Å². The number of nitrogens with one attached hydrogen (secondary N) is 1. The maximum absolute atomic E-state index is 13.1. The van der Waals surface area contributed by atoms with E-state index in [-0.39, 0.29) is 10.4 Å². The Morgan fingerprint density at radius 1 is 1.33 bits per heavy atom. The van der Waals surface area contributed by atoms with Gasteiger partial charge in [-0.25, -0.2) is 4.39 Å². The van der Waals surface area contributed by atoms with E-state index < -0.39 is 5.82 Å². The van der Waals surface area contributed by atoms with Crippen LogP contribution in [0, 0.1) is 12.7 Å². The van der Waals surface area contributed by atoms with E-state index in [0.717, 1.165) is 5.69 Å². The molecule has 0 saturated carbocycles. The number of nitrogens with zero attached hydrogens (tertiary/aromatic N) is 1. The van der Waals surface area contributed by atoms with Gasteiger partial charge in [-0.3, -0.25) is 9.78 Å². The lowest BCUT2D eigenvalue weighted by atomic mass is 10.2. The number of aromatic nitrogens is 1. The molecule has 0 aliphatic heterocycles. The minimum atomic E-state index is -0.397. The number of hydrogen-bond acceptors (Lipinski definition) is 2. The van der Waals surface area contributed by atoms with Gasteiger partial charge in [-0.15, -0.1) is 0 Å². The first kappa shape index (κ1) is 12.7. The Kier molecular flexibility index (Phi) is 3.72. The molecule has 2 rings (SSSR count). The van der Waals surface area contributed by atoms with Gasteiger partial charge in [-0.1, -0.05) is 0 Å². The first-order chi connectivity index (χ1) is 8.56. The molecule has 1 heterocycles. The maximum atomic E-state index is 13.1. The zero-order valence-corrected chi connectivity index (χ0v) is 11.2. The lowest BCUT2D eigenvalue weighted by Gasteiger charge is -2.06. The third-order valence-corrected chi connectivity index (χ3v) is 2.94. The quantitative estimate of drug-likeness (QED) is 0.922. The molecule has 92 valence electrons. The third-order valence-electron chi connectivity index (χ3n) is 2.34. The standard InChI is InChI=1S/C13H10BrFN2O/c1-8-6-10(4-5-16-8)17-13(18)9-2-3-12(15)11(14)7-9/h2-7H,1H3,(H,16,17,18). The summed E-state index contributed by atoms with van der Waals surface area (Å²) in [5.41, 5.74) is 1.86. The first-order valence-corrected chi connectivity index (χ1v) is 6.04. The molecular formula is C13H10BrFN2O. The average Bonchev–Trinajstić information content (AvgIpc) is 2.32. The van der Waals surface area contributed by atoms with Gasteiger partial charge in [0.2, 0.25) is 0 Å². The molecule has 0 unspecified atom stereocenters. The summed E-state index contributed by atoms with van der Waals surface area (Å²) in [7, 11) is 0. The number of pyridine rings is 1. The average molecular weight is 309 g/mol. The smallest absolute Gasteiger partial charge is 0.255 e. The number of benzene rings is 1. The van der Waals surface area contributed by atoms with E-state index in [1.807, 2.05) is 6.92 Å². The summed E-state index contributed by atoms with van der Waals surface area (Å²) in [4.78, 5) is 16.0. The van der Waals surface area contributed by atoms with Crippen LogP contribution in [0.1, 0.15) is 16.1 Å². The number of rotatable bonds is 2. The van der Waals surface area contributed by atoms with Crippen molar-refractivity contribution < 1.29 is 9.18 Å². The fourth-order valence-electron chi connectivity index (χ4n) is 1.46. The minimum Gasteiger partial charge on any atom is -0.322 e. The molecule has 0 saturated heterocycles. The predicted molar refractivity (Wildman–Crippen MR) is 71.0 cm³/mol. The summed E-state index contributed by atoms with van der Waals surface area (Å²) in [5.74, 6) is -0.687. The molecule has 18 heavy (non-hydrogen) atoms. The van der Waals surface area contributed by atoms with Crippen molar-refractivity contribution in [3.05, 3.63) is 58.1 Å². The molecule has 0 aliphatic rings. The summed E-state index contributed by atoms with van der Waals surface area (Å²) < 4.78 is 13.3. The predicted octanol–water partition coefficient (Wildman–Crippen LogP) is 3.54. The van der Waals surface area contributed by atoms with Gasteiger partial charge in [0, 0.05) is 23.1 Å². The van der Waals surface area contributed by atoms with Gasteiger partial charge < -0.3 is 5.32 Å². The Balaban J connectivity index is 2.19. The second-order valence-corrected chi connectivity index (χ2v) is 4.62. The fourth-order valence-corrected chi connectivity index (χ4v) is 1.84. The van der Waals surface area contributed by atoms with Crippen LogP contribution in [0.5, 0.6) is 0 Å². The lowest BCUT2D eigenvalue weighted by molar-refractivity contribution is 0.102. The Morgan fingerprint density at radius 2 is 2.11 bits per heavy atom. The minimum absolute atomic E-state index is 0.265. The SMILES string of the molecule is Cc1cc(NC(=O)c2ccc(F)c(Br)c2)ccn1. The van der Waals surface area contributed by atoms with Crippen LogP contribution in [0.15, 0.2) is 41.0 Å². The second-order valence-electron chi connectivity index (χ2n) is 3.77. The van der Waals surface area contributed by atoms with Gasteiger partial charge in [-0.2, -0.15) is 0 Å². The van der Waals surface area contributed by atoms with Crippen LogP contribution in [0.3, 0.4) is 0 Å². The summed E-state index contributed by atoms with van der Waals surface area (Å²) in [6.45, 7) is 1.84. The Hall–Kier alpha value is -1.75. The van der Waals surface area contributed by atoms with Crippen molar-refractivity contribution >= 4 is 27.5 Å². The van der Waals surface area contributed by atoms with Gasteiger partial charge >= 0.3 is 0 Å². The molecule has 0 spiro atoms. The molecule has 1 aromatic carbocycles. The molecule has 3 nitrogen and oxygen atoms in total. The molecule has 0 atom stereocenters. The van der Waals surface area contributed by atoms with E-state index in [1.165, 1.54) is 18.2 Å². The summed E-state index contributed by atoms with van der Waals surface area (Å²) in [6, 6.07) is 7.58. The van der Waals surface area contributed by atoms with E-state index in [2.05, 4.69) is 26.2 Å². The maximum Gasteiger partial charge on any atom is 0.255 e. The highest BCUT2D eigenvalue weighted by Crippen LogP contribution is 2.18. The molecule has 0 aliphatic carbocycles. The number of anilines is 1. The lowest BCUT2D eigenvalue weighted by Crippen LogP contribution is -2.12. The molecular weight excluding hydrogens is 299 g/mol.